The molecule has 0 saturated carbocycles. The van der Waals surface area contributed by atoms with Crippen molar-refractivity contribution >= 4 is 34.1 Å². The van der Waals surface area contributed by atoms with Gasteiger partial charge in [0.2, 0.25) is 11.8 Å². The van der Waals surface area contributed by atoms with Crippen molar-refractivity contribution in [2.75, 3.05) is 17.7 Å². The first-order chi connectivity index (χ1) is 17.4. The average molecular weight is 537 g/mol. The number of benzene rings is 2. The molecule has 1 heterocycles. The predicted molar refractivity (Wildman–Crippen MR) is 135 cm³/mol. The maximum Gasteiger partial charge on any atom is 0.416 e. The molecule has 3 aromatic rings. The van der Waals surface area contributed by atoms with Crippen molar-refractivity contribution < 1.29 is 27.8 Å². The highest BCUT2D eigenvalue weighted by molar-refractivity contribution is 8.15. The zero-order chi connectivity index (χ0) is 27.3. The zero-order valence-corrected chi connectivity index (χ0v) is 20.8. The fourth-order valence-corrected chi connectivity index (χ4v) is 4.02. The standard InChI is InChI=1S/C24H23F3N4O5S/c1-4-36-17-10-8-15(9-11-17)29-20(19-21(33)30(2)23(35)31(3)22(19)34)37-13-18(32)28-16-7-5-6-14(12-16)24(25,26)27/h5-12,33H,4,13H2,1-3H3,(H,28,32). The zero-order valence-electron chi connectivity index (χ0n) is 20.0. The molecule has 0 aliphatic heterocycles. The third-order valence-electron chi connectivity index (χ3n) is 5.04. The second-order valence-corrected chi connectivity index (χ2v) is 8.63. The SMILES string of the molecule is CCOc1ccc(N=C(SCC(=O)Nc2cccc(C(F)(F)F)c2)c2c(O)n(C)c(=O)n(C)c2=O)cc1. The summed E-state index contributed by atoms with van der Waals surface area (Å²) in [5, 5.41) is 12.9. The number of alkyl halides is 3. The Kier molecular flexibility index (Phi) is 8.48. The number of hydrogen-bond donors (Lipinski definition) is 2. The number of aromatic nitrogens is 2. The molecule has 2 N–H and O–H groups in total. The average Bonchev–Trinajstić information content (AvgIpc) is 2.85. The molecule has 1 aromatic heterocycles. The van der Waals surface area contributed by atoms with Crippen molar-refractivity contribution in [3.05, 3.63) is 80.5 Å². The van der Waals surface area contributed by atoms with E-state index in [9.17, 15) is 32.7 Å². The lowest BCUT2D eigenvalue weighted by atomic mass is 10.2. The van der Waals surface area contributed by atoms with Crippen molar-refractivity contribution in [1.29, 1.82) is 0 Å². The van der Waals surface area contributed by atoms with Gasteiger partial charge in [0, 0.05) is 19.8 Å². The fraction of sp³-hybridized carbons (Fsp3) is 0.250. The van der Waals surface area contributed by atoms with E-state index in [1.165, 1.54) is 20.2 Å². The highest BCUT2D eigenvalue weighted by Crippen LogP contribution is 2.31. The van der Waals surface area contributed by atoms with Crippen LogP contribution in [-0.2, 0) is 25.1 Å². The smallest absolute Gasteiger partial charge is 0.416 e. The number of thioether (sulfide) groups is 1. The summed E-state index contributed by atoms with van der Waals surface area (Å²) in [5.74, 6) is -1.11. The van der Waals surface area contributed by atoms with Crippen molar-refractivity contribution in [2.24, 2.45) is 19.1 Å². The van der Waals surface area contributed by atoms with Crippen molar-refractivity contribution in [3.8, 4) is 11.6 Å². The van der Waals surface area contributed by atoms with Gasteiger partial charge >= 0.3 is 11.9 Å². The van der Waals surface area contributed by atoms with Crippen LogP contribution < -0.4 is 21.3 Å². The summed E-state index contributed by atoms with van der Waals surface area (Å²) in [6.07, 6.45) is -4.58. The van der Waals surface area contributed by atoms with Gasteiger partial charge in [0.25, 0.3) is 5.56 Å². The number of amides is 1. The molecule has 0 spiro atoms. The van der Waals surface area contributed by atoms with Gasteiger partial charge in [0.15, 0.2) is 0 Å². The van der Waals surface area contributed by atoms with E-state index >= 15 is 0 Å². The molecule has 3 rings (SSSR count). The summed E-state index contributed by atoms with van der Waals surface area (Å²) in [6, 6.07) is 10.6. The van der Waals surface area contributed by atoms with Gasteiger partial charge in [-0.1, -0.05) is 17.8 Å². The second kappa shape index (κ2) is 11.4. The maximum atomic E-state index is 13.0. The van der Waals surface area contributed by atoms with Gasteiger partial charge in [-0.2, -0.15) is 13.2 Å². The number of carbonyl (C=O) groups is 1. The summed E-state index contributed by atoms with van der Waals surface area (Å²) >= 11 is 0.768. The highest BCUT2D eigenvalue weighted by Gasteiger charge is 2.30. The van der Waals surface area contributed by atoms with E-state index in [2.05, 4.69) is 10.3 Å². The van der Waals surface area contributed by atoms with Gasteiger partial charge in [-0.25, -0.2) is 9.79 Å². The normalized spacial score (nSPS) is 11.9. The van der Waals surface area contributed by atoms with Gasteiger partial charge in [-0.05, 0) is 49.4 Å². The Bertz CT molecular complexity index is 1450. The first kappa shape index (κ1) is 27.6. The predicted octanol–water partition coefficient (Wildman–Crippen LogP) is 3.66. The number of ether oxygens (including phenoxy) is 1. The number of aromatic hydroxyl groups is 1. The van der Waals surface area contributed by atoms with Crippen LogP contribution in [0.5, 0.6) is 11.6 Å². The molecular formula is C24H23F3N4O5S. The Morgan fingerprint density at radius 2 is 1.78 bits per heavy atom. The Labute approximate surface area is 213 Å². The van der Waals surface area contributed by atoms with Crippen molar-refractivity contribution in [2.45, 2.75) is 13.1 Å². The quantitative estimate of drug-likeness (QED) is 0.352. The van der Waals surface area contributed by atoms with Gasteiger partial charge in [-0.15, -0.1) is 0 Å². The third-order valence-corrected chi connectivity index (χ3v) is 6.01. The molecule has 0 saturated heterocycles. The number of carbonyl (C=O) groups excluding carboxylic acids is 1. The van der Waals surface area contributed by atoms with Gasteiger partial charge in [0.1, 0.15) is 16.4 Å². The maximum absolute atomic E-state index is 13.0. The van der Waals surface area contributed by atoms with Crippen LogP contribution in [0, 0.1) is 0 Å². The van der Waals surface area contributed by atoms with Crippen LogP contribution in [-0.4, -0.2) is 37.6 Å². The number of rotatable bonds is 7. The number of anilines is 1. The van der Waals surface area contributed by atoms with E-state index in [1.54, 1.807) is 24.3 Å². The lowest BCUT2D eigenvalue weighted by molar-refractivity contribution is -0.137. The van der Waals surface area contributed by atoms with Crippen LogP contribution in [0.2, 0.25) is 0 Å². The number of aliphatic imine (C=N–C) groups is 1. The highest BCUT2D eigenvalue weighted by atomic mass is 32.2. The molecule has 0 unspecified atom stereocenters. The summed E-state index contributed by atoms with van der Waals surface area (Å²) in [7, 11) is 2.49. The van der Waals surface area contributed by atoms with Crippen molar-refractivity contribution in [1.82, 2.24) is 9.13 Å². The molecule has 0 radical (unpaired) electrons. The van der Waals surface area contributed by atoms with Crippen LogP contribution >= 0.6 is 11.8 Å². The Hall–Kier alpha value is -4.00. The molecule has 0 aliphatic carbocycles. The van der Waals surface area contributed by atoms with Gasteiger partial charge < -0.3 is 15.2 Å². The molecule has 0 aliphatic rings. The van der Waals surface area contributed by atoms with Crippen LogP contribution in [0.4, 0.5) is 24.5 Å². The second-order valence-electron chi connectivity index (χ2n) is 7.66. The first-order valence-electron chi connectivity index (χ1n) is 10.8. The summed E-state index contributed by atoms with van der Waals surface area (Å²) in [6.45, 7) is 2.27. The number of halogens is 3. The molecule has 0 atom stereocenters. The minimum Gasteiger partial charge on any atom is -0.494 e. The number of hydrogen-bond acceptors (Lipinski definition) is 7. The topological polar surface area (TPSA) is 115 Å². The Morgan fingerprint density at radius 1 is 1.11 bits per heavy atom. The Morgan fingerprint density at radius 3 is 2.41 bits per heavy atom. The fourth-order valence-electron chi connectivity index (χ4n) is 3.19. The van der Waals surface area contributed by atoms with Crippen molar-refractivity contribution in [3.63, 3.8) is 0 Å². The van der Waals surface area contributed by atoms with Crippen LogP contribution in [0.15, 0.2) is 63.1 Å². The van der Waals surface area contributed by atoms with Crippen LogP contribution in [0.3, 0.4) is 0 Å². The molecule has 9 nitrogen and oxygen atoms in total. The van der Waals surface area contributed by atoms with E-state index in [-0.39, 0.29) is 22.0 Å². The summed E-state index contributed by atoms with van der Waals surface area (Å²) in [4.78, 5) is 42.0. The van der Waals surface area contributed by atoms with Gasteiger partial charge in [0.05, 0.1) is 23.6 Å². The molecule has 0 bridgehead atoms. The van der Waals surface area contributed by atoms with Crippen LogP contribution in [0.1, 0.15) is 18.1 Å². The third kappa shape index (κ3) is 6.61. The minimum atomic E-state index is -4.58. The molecule has 196 valence electrons. The summed E-state index contributed by atoms with van der Waals surface area (Å²) in [5.41, 5.74) is -2.54. The Balaban J connectivity index is 1.94. The molecular weight excluding hydrogens is 513 g/mol. The van der Waals surface area contributed by atoms with E-state index in [0.29, 0.717) is 18.0 Å². The lowest BCUT2D eigenvalue weighted by Crippen LogP contribution is -2.39. The van der Waals surface area contributed by atoms with E-state index in [4.69, 9.17) is 4.74 Å². The number of nitrogens with one attached hydrogen (secondary N) is 1. The van der Waals surface area contributed by atoms with E-state index in [1.807, 2.05) is 6.92 Å². The molecule has 1 amide bonds. The van der Waals surface area contributed by atoms with E-state index < -0.39 is 34.8 Å². The van der Waals surface area contributed by atoms with Gasteiger partial charge in [-0.3, -0.25) is 18.7 Å². The number of nitrogens with zero attached hydrogens (tertiary/aromatic N) is 3. The molecule has 37 heavy (non-hydrogen) atoms. The summed E-state index contributed by atoms with van der Waals surface area (Å²) < 4.78 is 45.9. The molecule has 13 heteroatoms. The monoisotopic (exact) mass is 536 g/mol. The van der Waals surface area contributed by atoms with E-state index in [0.717, 1.165) is 39.1 Å². The molecule has 2 aromatic carbocycles. The largest absolute Gasteiger partial charge is 0.494 e. The lowest BCUT2D eigenvalue weighted by Gasteiger charge is -2.13. The van der Waals surface area contributed by atoms with Crippen LogP contribution in [0.25, 0.3) is 0 Å². The first-order valence-corrected chi connectivity index (χ1v) is 11.8. The minimum absolute atomic E-state index is 0.0636. The molecule has 0 fully saturated rings.